The zero-order valence-electron chi connectivity index (χ0n) is 10.2. The zero-order valence-corrected chi connectivity index (χ0v) is 13.1. The average molecular weight is 375 g/mol. The number of H-pyrrole nitrogens is 1. The molecular formula is C12H14IN3OS. The highest BCUT2D eigenvalue weighted by atomic mass is 127. The number of aromatic amines is 1. The van der Waals surface area contributed by atoms with Crippen molar-refractivity contribution < 1.29 is 4.79 Å². The Bertz CT molecular complexity index is 644. The van der Waals surface area contributed by atoms with E-state index in [1.807, 2.05) is 36.6 Å². The van der Waals surface area contributed by atoms with Gasteiger partial charge in [-0.1, -0.05) is 0 Å². The molecular weight excluding hydrogens is 361 g/mol. The molecule has 1 aromatic heterocycles. The number of fused-ring (bicyclic) bond motifs is 1. The maximum Gasteiger partial charge on any atom is 0.240 e. The first-order valence-corrected chi connectivity index (χ1v) is 7.13. The van der Waals surface area contributed by atoms with Crippen molar-refractivity contribution in [3.8, 4) is 0 Å². The molecule has 1 amide bonds. The van der Waals surface area contributed by atoms with Crippen LogP contribution in [-0.2, 0) is 11.3 Å². The number of halogens is 1. The molecule has 1 heterocycles. The van der Waals surface area contributed by atoms with Crippen molar-refractivity contribution in [2.45, 2.75) is 26.4 Å². The lowest BCUT2D eigenvalue weighted by atomic mass is 10.3. The average Bonchev–Trinajstić information content (AvgIpc) is 2.53. The number of benzene rings is 1. The molecule has 0 aliphatic heterocycles. The Kier molecular flexibility index (Phi) is 4.06. The summed E-state index contributed by atoms with van der Waals surface area (Å²) in [4.78, 5) is 14.9. The number of amides is 1. The van der Waals surface area contributed by atoms with E-state index in [-0.39, 0.29) is 18.5 Å². The molecule has 0 aliphatic carbocycles. The highest BCUT2D eigenvalue weighted by Crippen LogP contribution is 2.17. The first-order chi connectivity index (χ1) is 8.47. The van der Waals surface area contributed by atoms with Gasteiger partial charge in [0.2, 0.25) is 5.91 Å². The Labute approximate surface area is 124 Å². The van der Waals surface area contributed by atoms with Crippen molar-refractivity contribution in [2.24, 2.45) is 0 Å². The summed E-state index contributed by atoms with van der Waals surface area (Å²) in [6, 6.07) is 6.13. The number of nitrogens with zero attached hydrogens (tertiary/aromatic N) is 1. The SMILES string of the molecule is CC(C)NC(=O)Cn1c(=S)[nH]c2cc(I)ccc21. The predicted molar refractivity (Wildman–Crippen MR) is 83.1 cm³/mol. The van der Waals surface area contributed by atoms with Crippen LogP contribution in [0.5, 0.6) is 0 Å². The molecule has 0 atom stereocenters. The second-order valence-corrected chi connectivity index (χ2v) is 6.03. The van der Waals surface area contributed by atoms with Crippen molar-refractivity contribution >= 4 is 51.7 Å². The summed E-state index contributed by atoms with van der Waals surface area (Å²) in [7, 11) is 0. The molecule has 0 spiro atoms. The minimum absolute atomic E-state index is 0.0273. The standard InChI is InChI=1S/C12H14IN3OS/c1-7(2)14-11(17)6-16-10-4-3-8(13)5-9(10)15-12(16)18/h3-5,7H,6H2,1-2H3,(H,14,17)(H,15,18). The molecule has 18 heavy (non-hydrogen) atoms. The maximum atomic E-state index is 11.8. The van der Waals surface area contributed by atoms with Crippen LogP contribution in [-0.4, -0.2) is 21.5 Å². The van der Waals surface area contributed by atoms with E-state index in [2.05, 4.69) is 32.9 Å². The van der Waals surface area contributed by atoms with E-state index in [4.69, 9.17) is 12.2 Å². The molecule has 0 fully saturated rings. The molecule has 0 aliphatic rings. The van der Waals surface area contributed by atoms with Gasteiger partial charge >= 0.3 is 0 Å². The van der Waals surface area contributed by atoms with Crippen LogP contribution in [0.4, 0.5) is 0 Å². The van der Waals surface area contributed by atoms with E-state index in [0.717, 1.165) is 14.6 Å². The van der Waals surface area contributed by atoms with E-state index in [9.17, 15) is 4.79 Å². The first-order valence-electron chi connectivity index (χ1n) is 5.65. The van der Waals surface area contributed by atoms with Crippen LogP contribution in [0, 0.1) is 8.34 Å². The smallest absolute Gasteiger partial charge is 0.240 e. The second kappa shape index (κ2) is 5.40. The molecule has 0 radical (unpaired) electrons. The third-order valence-electron chi connectivity index (χ3n) is 2.49. The Morgan fingerprint density at radius 3 is 2.94 bits per heavy atom. The van der Waals surface area contributed by atoms with Gasteiger partial charge in [-0.25, -0.2) is 0 Å². The molecule has 0 unspecified atom stereocenters. The van der Waals surface area contributed by atoms with Gasteiger partial charge in [-0.2, -0.15) is 0 Å². The summed E-state index contributed by atoms with van der Waals surface area (Å²) in [5, 5.41) is 2.86. The number of hydrogen-bond acceptors (Lipinski definition) is 2. The third kappa shape index (κ3) is 2.92. The van der Waals surface area contributed by atoms with Crippen molar-refractivity contribution in [1.82, 2.24) is 14.9 Å². The van der Waals surface area contributed by atoms with Gasteiger partial charge in [-0.15, -0.1) is 0 Å². The lowest BCUT2D eigenvalue weighted by Crippen LogP contribution is -2.33. The van der Waals surface area contributed by atoms with E-state index < -0.39 is 0 Å². The van der Waals surface area contributed by atoms with Crippen LogP contribution in [0.25, 0.3) is 11.0 Å². The van der Waals surface area contributed by atoms with Gasteiger partial charge in [0.25, 0.3) is 0 Å². The minimum atomic E-state index is -0.0273. The van der Waals surface area contributed by atoms with Crippen LogP contribution >= 0.6 is 34.8 Å². The Morgan fingerprint density at radius 1 is 1.56 bits per heavy atom. The summed E-state index contributed by atoms with van der Waals surface area (Å²) in [6.45, 7) is 4.13. The van der Waals surface area contributed by atoms with Crippen LogP contribution in [0.3, 0.4) is 0 Å². The maximum absolute atomic E-state index is 11.8. The van der Waals surface area contributed by atoms with Gasteiger partial charge < -0.3 is 14.9 Å². The third-order valence-corrected chi connectivity index (χ3v) is 3.48. The fourth-order valence-electron chi connectivity index (χ4n) is 1.80. The van der Waals surface area contributed by atoms with E-state index in [1.165, 1.54) is 0 Å². The summed E-state index contributed by atoms with van der Waals surface area (Å²) in [5.74, 6) is -0.0273. The summed E-state index contributed by atoms with van der Waals surface area (Å²) < 4.78 is 3.53. The van der Waals surface area contributed by atoms with E-state index in [1.54, 1.807) is 0 Å². The number of carbonyl (C=O) groups is 1. The van der Waals surface area contributed by atoms with Gasteiger partial charge in [-0.05, 0) is 66.9 Å². The molecule has 0 saturated carbocycles. The van der Waals surface area contributed by atoms with E-state index >= 15 is 0 Å². The first kappa shape index (κ1) is 13.5. The summed E-state index contributed by atoms with van der Waals surface area (Å²) >= 11 is 7.50. The molecule has 2 N–H and O–H groups in total. The Morgan fingerprint density at radius 2 is 2.28 bits per heavy atom. The topological polar surface area (TPSA) is 49.8 Å². The molecule has 6 heteroatoms. The molecule has 0 saturated heterocycles. The van der Waals surface area contributed by atoms with E-state index in [0.29, 0.717) is 4.77 Å². The summed E-state index contributed by atoms with van der Waals surface area (Å²) in [5.41, 5.74) is 1.92. The van der Waals surface area contributed by atoms with Gasteiger partial charge in [-0.3, -0.25) is 4.79 Å². The highest BCUT2D eigenvalue weighted by molar-refractivity contribution is 14.1. The van der Waals surface area contributed by atoms with Crippen molar-refractivity contribution in [1.29, 1.82) is 0 Å². The number of imidazole rings is 1. The zero-order chi connectivity index (χ0) is 13.3. The molecule has 1 aromatic carbocycles. The lowest BCUT2D eigenvalue weighted by molar-refractivity contribution is -0.122. The van der Waals surface area contributed by atoms with Crippen LogP contribution in [0.1, 0.15) is 13.8 Å². The minimum Gasteiger partial charge on any atom is -0.352 e. The molecule has 4 nitrogen and oxygen atoms in total. The van der Waals surface area contributed by atoms with Gasteiger partial charge in [0.15, 0.2) is 4.77 Å². The lowest BCUT2D eigenvalue weighted by Gasteiger charge is -2.09. The Balaban J connectivity index is 2.36. The Hall–Kier alpha value is -0.890. The molecule has 2 rings (SSSR count). The second-order valence-electron chi connectivity index (χ2n) is 4.40. The number of rotatable bonds is 3. The number of aromatic nitrogens is 2. The summed E-state index contributed by atoms with van der Waals surface area (Å²) in [6.07, 6.45) is 0. The van der Waals surface area contributed by atoms with Gasteiger partial charge in [0.1, 0.15) is 6.54 Å². The number of nitrogens with one attached hydrogen (secondary N) is 2. The predicted octanol–water partition coefficient (Wildman–Crippen LogP) is 2.83. The fraction of sp³-hybridized carbons (Fsp3) is 0.333. The normalized spacial score (nSPS) is 11.1. The van der Waals surface area contributed by atoms with Crippen molar-refractivity contribution in [3.05, 3.63) is 26.5 Å². The molecule has 96 valence electrons. The highest BCUT2D eigenvalue weighted by Gasteiger charge is 2.09. The van der Waals surface area contributed by atoms with Crippen molar-refractivity contribution in [2.75, 3.05) is 0 Å². The number of carbonyl (C=O) groups excluding carboxylic acids is 1. The monoisotopic (exact) mass is 375 g/mol. The molecule has 2 aromatic rings. The number of hydrogen-bond donors (Lipinski definition) is 2. The van der Waals surface area contributed by atoms with Crippen LogP contribution < -0.4 is 5.32 Å². The quantitative estimate of drug-likeness (QED) is 0.640. The van der Waals surface area contributed by atoms with Gasteiger partial charge in [0, 0.05) is 9.61 Å². The van der Waals surface area contributed by atoms with Crippen molar-refractivity contribution in [3.63, 3.8) is 0 Å². The fourth-order valence-corrected chi connectivity index (χ4v) is 2.57. The van der Waals surface area contributed by atoms with Crippen LogP contribution in [0.15, 0.2) is 18.2 Å². The van der Waals surface area contributed by atoms with Gasteiger partial charge in [0.05, 0.1) is 11.0 Å². The molecule has 0 bridgehead atoms. The van der Waals surface area contributed by atoms with Crippen LogP contribution in [0.2, 0.25) is 0 Å². The largest absolute Gasteiger partial charge is 0.352 e.